The average molecular weight is 403 g/mol. The first-order chi connectivity index (χ1) is 11.4. The van der Waals surface area contributed by atoms with E-state index in [4.69, 9.17) is 27.9 Å². The van der Waals surface area contributed by atoms with E-state index in [0.29, 0.717) is 0 Å². The molecule has 0 amide bonds. The van der Waals surface area contributed by atoms with Crippen LogP contribution < -0.4 is 0 Å². The van der Waals surface area contributed by atoms with Crippen LogP contribution in [0.2, 0.25) is 5.02 Å². The molecule has 25 heavy (non-hydrogen) atoms. The summed E-state index contributed by atoms with van der Waals surface area (Å²) in [5, 5.41) is -1.83. The Morgan fingerprint density at radius 1 is 1.28 bits per heavy atom. The minimum absolute atomic E-state index is 0.339. The van der Waals surface area contributed by atoms with Gasteiger partial charge in [-0.2, -0.15) is 13.2 Å². The standard InChI is InChI=1S/C16H13Cl2F5O2/c1-15(2)8(5-11(17)16(21,22)23)12(15)14(24)25-6-7-9(19)3-4-10(20)13(7)18/h3-5,8,12H,6H2,1-2H3/b11-5-/t8-,12-/m1/s1. The molecule has 1 aromatic carbocycles. The monoisotopic (exact) mass is 402 g/mol. The van der Waals surface area contributed by atoms with Gasteiger partial charge in [0.15, 0.2) is 0 Å². The van der Waals surface area contributed by atoms with Crippen molar-refractivity contribution < 1.29 is 31.5 Å². The summed E-state index contributed by atoms with van der Waals surface area (Å²) in [5.41, 5.74) is -1.14. The maximum absolute atomic E-state index is 13.6. The molecule has 138 valence electrons. The second-order valence-corrected chi connectivity index (χ2v) is 7.05. The number of alkyl halides is 3. The van der Waals surface area contributed by atoms with E-state index < -0.39 is 57.7 Å². The van der Waals surface area contributed by atoms with Gasteiger partial charge >= 0.3 is 12.1 Å². The number of rotatable bonds is 4. The Kier molecular flexibility index (Phi) is 5.40. The van der Waals surface area contributed by atoms with E-state index in [2.05, 4.69) is 0 Å². The molecule has 1 saturated carbocycles. The summed E-state index contributed by atoms with van der Waals surface area (Å²) < 4.78 is 69.4. The lowest BCUT2D eigenvalue weighted by atomic mass is 10.1. The molecule has 0 aromatic heterocycles. The maximum Gasteiger partial charge on any atom is 0.426 e. The SMILES string of the molecule is CC1(C)[C@H](/C=C(\Cl)C(F)(F)F)[C@@H]1C(=O)OCc1c(F)ccc(F)c1Cl. The van der Waals surface area contributed by atoms with Crippen molar-refractivity contribution in [2.75, 3.05) is 0 Å². The molecular formula is C16H13Cl2F5O2. The third-order valence-electron chi connectivity index (χ3n) is 4.26. The number of hydrogen-bond donors (Lipinski definition) is 0. The first-order valence-electron chi connectivity index (χ1n) is 7.11. The lowest BCUT2D eigenvalue weighted by Crippen LogP contribution is -2.12. The largest absolute Gasteiger partial charge is 0.460 e. The number of halogens is 7. The van der Waals surface area contributed by atoms with E-state index in [1.165, 1.54) is 0 Å². The molecule has 0 aliphatic heterocycles. The average Bonchev–Trinajstić information content (AvgIpc) is 3.02. The molecular weight excluding hydrogens is 390 g/mol. The summed E-state index contributed by atoms with van der Waals surface area (Å²) in [6.45, 7) is 2.53. The van der Waals surface area contributed by atoms with Gasteiger partial charge < -0.3 is 4.74 Å². The topological polar surface area (TPSA) is 26.3 Å². The van der Waals surface area contributed by atoms with Crippen LogP contribution in [-0.2, 0) is 16.1 Å². The summed E-state index contributed by atoms with van der Waals surface area (Å²) >= 11 is 10.8. The Morgan fingerprint density at radius 2 is 1.84 bits per heavy atom. The number of hydrogen-bond acceptors (Lipinski definition) is 2. The van der Waals surface area contributed by atoms with Crippen LogP contribution in [0.4, 0.5) is 22.0 Å². The molecule has 2 atom stereocenters. The van der Waals surface area contributed by atoms with Gasteiger partial charge in [-0.15, -0.1) is 0 Å². The van der Waals surface area contributed by atoms with Gasteiger partial charge in [-0.1, -0.05) is 43.1 Å². The summed E-state index contributed by atoms with van der Waals surface area (Å²) in [6.07, 6.45) is -3.93. The molecule has 0 N–H and O–H groups in total. The van der Waals surface area contributed by atoms with E-state index in [-0.39, 0.29) is 5.56 Å². The molecule has 1 fully saturated rings. The third kappa shape index (κ3) is 4.08. The van der Waals surface area contributed by atoms with Gasteiger partial charge in [0.2, 0.25) is 0 Å². The Bertz CT molecular complexity index is 728. The number of ether oxygens (including phenoxy) is 1. The highest BCUT2D eigenvalue weighted by Crippen LogP contribution is 2.60. The predicted octanol–water partition coefficient (Wildman–Crippen LogP) is 5.62. The minimum atomic E-state index is -4.70. The molecule has 1 aliphatic carbocycles. The van der Waals surface area contributed by atoms with Crippen molar-refractivity contribution >= 4 is 29.2 Å². The van der Waals surface area contributed by atoms with Crippen LogP contribution in [-0.4, -0.2) is 12.1 Å². The van der Waals surface area contributed by atoms with Crippen LogP contribution in [0.15, 0.2) is 23.2 Å². The number of benzene rings is 1. The van der Waals surface area contributed by atoms with E-state index in [9.17, 15) is 26.7 Å². The van der Waals surface area contributed by atoms with E-state index >= 15 is 0 Å². The second kappa shape index (κ2) is 6.76. The first kappa shape index (κ1) is 20.0. The normalized spacial score (nSPS) is 22.7. The number of carbonyl (C=O) groups excluding carboxylic acids is 1. The van der Waals surface area contributed by atoms with E-state index in [1.54, 1.807) is 13.8 Å². The minimum Gasteiger partial charge on any atom is -0.460 e. The fourth-order valence-corrected chi connectivity index (χ4v) is 2.97. The van der Waals surface area contributed by atoms with Crippen molar-refractivity contribution in [3.8, 4) is 0 Å². The number of carbonyl (C=O) groups is 1. The van der Waals surface area contributed by atoms with Crippen LogP contribution in [0, 0.1) is 28.9 Å². The van der Waals surface area contributed by atoms with Gasteiger partial charge in [0.05, 0.1) is 10.9 Å². The summed E-state index contributed by atoms with van der Waals surface area (Å²) in [4.78, 5) is 12.1. The Labute approximate surface area is 150 Å². The highest BCUT2D eigenvalue weighted by molar-refractivity contribution is 6.31. The summed E-state index contributed by atoms with van der Waals surface area (Å²) in [7, 11) is 0. The fraction of sp³-hybridized carbons (Fsp3) is 0.438. The van der Waals surface area contributed by atoms with Gasteiger partial charge in [0.25, 0.3) is 0 Å². The van der Waals surface area contributed by atoms with Crippen LogP contribution >= 0.6 is 23.2 Å². The van der Waals surface area contributed by atoms with Gasteiger partial charge in [-0.3, -0.25) is 4.79 Å². The predicted molar refractivity (Wildman–Crippen MR) is 81.9 cm³/mol. The third-order valence-corrected chi connectivity index (χ3v) is 5.01. The molecule has 2 nitrogen and oxygen atoms in total. The second-order valence-electron chi connectivity index (χ2n) is 6.27. The zero-order valence-corrected chi connectivity index (χ0v) is 14.6. The van der Waals surface area contributed by atoms with Crippen LogP contribution in [0.5, 0.6) is 0 Å². The number of allylic oxidation sites excluding steroid dienone is 2. The highest BCUT2D eigenvalue weighted by atomic mass is 35.5. The van der Waals surface area contributed by atoms with Gasteiger partial charge in [-0.25, -0.2) is 8.78 Å². The molecule has 0 unspecified atom stereocenters. The van der Waals surface area contributed by atoms with Crippen LogP contribution in [0.3, 0.4) is 0 Å². The van der Waals surface area contributed by atoms with Crippen LogP contribution in [0.1, 0.15) is 19.4 Å². The van der Waals surface area contributed by atoms with Crippen molar-refractivity contribution in [3.63, 3.8) is 0 Å². The zero-order chi connectivity index (χ0) is 19.2. The Balaban J connectivity index is 2.09. The molecule has 1 aromatic rings. The van der Waals surface area contributed by atoms with Gasteiger partial charge in [-0.05, 0) is 23.5 Å². The smallest absolute Gasteiger partial charge is 0.426 e. The molecule has 0 saturated heterocycles. The molecule has 1 aliphatic rings. The first-order valence-corrected chi connectivity index (χ1v) is 7.86. The lowest BCUT2D eigenvalue weighted by molar-refractivity contribution is -0.147. The van der Waals surface area contributed by atoms with Gasteiger partial charge in [0.1, 0.15) is 23.3 Å². The molecule has 9 heteroatoms. The van der Waals surface area contributed by atoms with Crippen molar-refractivity contribution in [2.24, 2.45) is 17.3 Å². The van der Waals surface area contributed by atoms with Gasteiger partial charge in [0, 0.05) is 5.56 Å². The molecule has 0 spiro atoms. The Morgan fingerprint density at radius 3 is 2.40 bits per heavy atom. The highest BCUT2D eigenvalue weighted by Gasteiger charge is 2.62. The van der Waals surface area contributed by atoms with E-state index in [0.717, 1.165) is 18.2 Å². The van der Waals surface area contributed by atoms with Crippen molar-refractivity contribution in [3.05, 3.63) is 45.5 Å². The molecule has 0 bridgehead atoms. The van der Waals surface area contributed by atoms with Crippen molar-refractivity contribution in [1.82, 2.24) is 0 Å². The Hall–Kier alpha value is -1.34. The fourth-order valence-electron chi connectivity index (χ4n) is 2.63. The maximum atomic E-state index is 13.6. The van der Waals surface area contributed by atoms with Crippen LogP contribution in [0.25, 0.3) is 0 Å². The number of esters is 1. The lowest BCUT2D eigenvalue weighted by Gasteiger charge is -2.09. The summed E-state index contributed by atoms with van der Waals surface area (Å²) in [6, 6.07) is 1.66. The van der Waals surface area contributed by atoms with E-state index in [1.807, 2.05) is 0 Å². The zero-order valence-electron chi connectivity index (χ0n) is 13.1. The summed E-state index contributed by atoms with van der Waals surface area (Å²) in [5.74, 6) is -4.22. The molecule has 0 heterocycles. The van der Waals surface area contributed by atoms with Crippen molar-refractivity contribution in [1.29, 1.82) is 0 Å². The molecule has 0 radical (unpaired) electrons. The quantitative estimate of drug-likeness (QED) is 0.371. The van der Waals surface area contributed by atoms with Crippen molar-refractivity contribution in [2.45, 2.75) is 26.6 Å². The molecule has 2 rings (SSSR count).